The molecule has 0 saturated carbocycles. The molecule has 0 bridgehead atoms. The minimum atomic E-state index is -1.27. The Morgan fingerprint density at radius 3 is 2.82 bits per heavy atom. The first-order valence-corrected chi connectivity index (χ1v) is 4.78. The van der Waals surface area contributed by atoms with Gasteiger partial charge in [-0.3, -0.25) is 0 Å². The van der Waals surface area contributed by atoms with Crippen LogP contribution in [0.2, 0.25) is 0 Å². The van der Waals surface area contributed by atoms with Crippen LogP contribution < -0.4 is 24.0 Å². The van der Waals surface area contributed by atoms with Gasteiger partial charge in [0.15, 0.2) is 0 Å². The molecule has 0 atom stereocenters. The van der Waals surface area contributed by atoms with Crippen LogP contribution in [0.4, 0.5) is 0 Å². The van der Waals surface area contributed by atoms with E-state index in [4.69, 9.17) is 4.74 Å². The molecule has 2 aromatic heterocycles. The van der Waals surface area contributed by atoms with Crippen molar-refractivity contribution in [1.82, 2.24) is 9.55 Å². The number of pyridine rings is 1. The van der Waals surface area contributed by atoms with Crippen molar-refractivity contribution >= 4 is 17.0 Å². The number of nitrogens with zero attached hydrogens (tertiary/aromatic N) is 2. The number of hydrogen-bond acceptors (Lipinski definition) is 4. The third-order valence-electron chi connectivity index (χ3n) is 2.41. The van der Waals surface area contributed by atoms with E-state index in [-0.39, 0.29) is 24.6 Å². The van der Waals surface area contributed by atoms with E-state index in [1.54, 1.807) is 17.7 Å². The maximum absolute atomic E-state index is 10.7. The van der Waals surface area contributed by atoms with Gasteiger partial charge in [-0.25, -0.2) is 4.98 Å². The Morgan fingerprint density at radius 1 is 1.53 bits per heavy atom. The molecule has 0 aliphatic carbocycles. The molecule has 5 nitrogen and oxygen atoms in total. The van der Waals surface area contributed by atoms with Gasteiger partial charge in [0.05, 0.1) is 18.3 Å². The predicted molar refractivity (Wildman–Crippen MR) is 55.8 cm³/mol. The van der Waals surface area contributed by atoms with E-state index >= 15 is 0 Å². The molecule has 0 saturated heterocycles. The number of ether oxygens (including phenoxy) is 1. The summed E-state index contributed by atoms with van der Waals surface area (Å²) in [5.41, 5.74) is 1.55. The van der Waals surface area contributed by atoms with Crippen molar-refractivity contribution in [2.75, 3.05) is 7.11 Å². The Kier molecular flexibility index (Phi) is 4.35. The van der Waals surface area contributed by atoms with Gasteiger partial charge < -0.3 is 19.2 Å². The molecule has 0 radical (unpaired) electrons. The van der Waals surface area contributed by atoms with Gasteiger partial charge >= 0.3 is 18.9 Å². The third-order valence-corrected chi connectivity index (χ3v) is 2.41. The van der Waals surface area contributed by atoms with E-state index in [2.05, 4.69) is 4.98 Å². The van der Waals surface area contributed by atoms with Crippen molar-refractivity contribution in [2.45, 2.75) is 6.61 Å². The van der Waals surface area contributed by atoms with Gasteiger partial charge in [-0.2, -0.15) is 0 Å². The van der Waals surface area contributed by atoms with Crippen LogP contribution in [0, 0.1) is 0 Å². The Hall–Kier alpha value is -1.28. The van der Waals surface area contributed by atoms with Gasteiger partial charge in [-0.15, -0.1) is 0 Å². The van der Waals surface area contributed by atoms with E-state index in [0.29, 0.717) is 12.3 Å². The van der Waals surface area contributed by atoms with Crippen LogP contribution >= 0.6 is 0 Å². The molecule has 84 valence electrons. The smallest absolute Gasteiger partial charge is 0.543 e. The molecule has 6 heteroatoms. The first-order valence-electron chi connectivity index (χ1n) is 4.78. The number of rotatable bonds is 3. The molecule has 0 fully saturated rings. The van der Waals surface area contributed by atoms with Crippen LogP contribution in [-0.4, -0.2) is 22.6 Å². The normalized spacial score (nSPS) is 10.2. The van der Waals surface area contributed by atoms with Crippen LogP contribution in [0.5, 0.6) is 0 Å². The maximum atomic E-state index is 10.7. The third kappa shape index (κ3) is 2.52. The second kappa shape index (κ2) is 5.37. The fourth-order valence-electron chi connectivity index (χ4n) is 1.72. The second-order valence-corrected chi connectivity index (χ2v) is 3.55. The van der Waals surface area contributed by atoms with Crippen molar-refractivity contribution < 1.29 is 33.5 Å². The number of carbonyl (C=O) groups is 1. The minimum absolute atomic E-state index is 0. The van der Waals surface area contributed by atoms with Crippen LogP contribution in [0.3, 0.4) is 0 Å². The largest absolute Gasteiger partial charge is 1.00 e. The van der Waals surface area contributed by atoms with Gasteiger partial charge in [-0.05, 0) is 12.1 Å². The molecule has 17 heavy (non-hydrogen) atoms. The number of aromatic carboxylic acids is 1. The topological polar surface area (TPSA) is 67.2 Å². The number of hydrogen-bond donors (Lipinski definition) is 0. The zero-order chi connectivity index (χ0) is 11.7. The van der Waals surface area contributed by atoms with Gasteiger partial charge in [0.25, 0.3) is 0 Å². The van der Waals surface area contributed by atoms with Crippen molar-refractivity contribution in [3.8, 4) is 0 Å². The fourth-order valence-corrected chi connectivity index (χ4v) is 1.72. The van der Waals surface area contributed by atoms with Gasteiger partial charge in [0, 0.05) is 31.3 Å². The van der Waals surface area contributed by atoms with E-state index in [1.165, 1.54) is 6.07 Å². The van der Waals surface area contributed by atoms with Crippen LogP contribution in [0.1, 0.15) is 16.1 Å². The van der Waals surface area contributed by atoms with Crippen molar-refractivity contribution in [1.29, 1.82) is 0 Å². The first-order chi connectivity index (χ1) is 7.63. The van der Waals surface area contributed by atoms with E-state index < -0.39 is 5.97 Å². The van der Waals surface area contributed by atoms with E-state index in [0.717, 1.165) is 10.9 Å². The number of fused-ring (bicyclic) bond motifs is 1. The molecular formula is C11H11LiN2O3. The number of methoxy groups -OCH3 is 1. The molecule has 2 heterocycles. The van der Waals surface area contributed by atoms with Crippen LogP contribution in [0.25, 0.3) is 11.0 Å². The zero-order valence-corrected chi connectivity index (χ0v) is 10.1. The van der Waals surface area contributed by atoms with E-state index in [9.17, 15) is 9.90 Å². The Balaban J connectivity index is 0.00000144. The summed E-state index contributed by atoms with van der Waals surface area (Å²) >= 11 is 0. The van der Waals surface area contributed by atoms with E-state index in [1.807, 2.05) is 13.2 Å². The fraction of sp³-hybridized carbons (Fsp3) is 0.273. The number of aryl methyl sites for hydroxylation is 1. The van der Waals surface area contributed by atoms with Gasteiger partial charge in [-0.1, -0.05) is 0 Å². The summed E-state index contributed by atoms with van der Waals surface area (Å²) in [6.07, 6.45) is 1.88. The summed E-state index contributed by atoms with van der Waals surface area (Å²) in [6, 6.07) is 3.17. The Labute approximate surface area is 111 Å². The molecular weight excluding hydrogens is 215 g/mol. The monoisotopic (exact) mass is 226 g/mol. The maximum Gasteiger partial charge on any atom is 1.00 e. The standard InChI is InChI=1S/C11H12N2O3.Li/c1-13-5-7(6-16-2)8-3-4-9(11(14)15)12-10(8)13;/h3-5H,6H2,1-2H3,(H,14,15);/q;+1/p-1. The summed E-state index contributed by atoms with van der Waals surface area (Å²) in [5, 5.41) is 11.6. The molecule has 0 aliphatic rings. The number of aromatic nitrogens is 2. The summed E-state index contributed by atoms with van der Waals surface area (Å²) < 4.78 is 6.83. The van der Waals surface area contributed by atoms with Gasteiger partial charge in [0.1, 0.15) is 5.65 Å². The summed E-state index contributed by atoms with van der Waals surface area (Å²) in [6.45, 7) is 0.476. The summed E-state index contributed by atoms with van der Waals surface area (Å²) in [7, 11) is 3.43. The van der Waals surface area contributed by atoms with Gasteiger partial charge in [0.2, 0.25) is 0 Å². The predicted octanol–water partition coefficient (Wildman–Crippen LogP) is -2.91. The molecule has 0 aliphatic heterocycles. The number of carbonyl (C=O) groups excluding carboxylic acids is 1. The average Bonchev–Trinajstić information content (AvgIpc) is 2.56. The summed E-state index contributed by atoms with van der Waals surface area (Å²) in [5.74, 6) is -1.27. The number of carboxylic acids is 1. The quantitative estimate of drug-likeness (QED) is 0.526. The molecule has 0 spiro atoms. The van der Waals surface area contributed by atoms with Crippen molar-refractivity contribution in [3.05, 3.63) is 29.6 Å². The van der Waals surface area contributed by atoms with Crippen LogP contribution in [0.15, 0.2) is 18.3 Å². The molecule has 0 amide bonds. The SMILES string of the molecule is COCc1cn(C)c2nc(C(=O)[O-])ccc12.[Li+]. The Morgan fingerprint density at radius 2 is 2.24 bits per heavy atom. The molecule has 2 aromatic rings. The second-order valence-electron chi connectivity index (χ2n) is 3.55. The zero-order valence-electron chi connectivity index (χ0n) is 10.1. The molecule has 2 rings (SSSR count). The number of carboxylic acid groups (broad SMARTS) is 1. The molecule has 0 aromatic carbocycles. The molecule has 0 N–H and O–H groups in total. The van der Waals surface area contributed by atoms with Crippen LogP contribution in [-0.2, 0) is 18.4 Å². The Bertz CT molecular complexity index is 551. The first kappa shape index (κ1) is 13.8. The van der Waals surface area contributed by atoms with Crippen molar-refractivity contribution in [2.24, 2.45) is 7.05 Å². The average molecular weight is 226 g/mol. The van der Waals surface area contributed by atoms with Crippen molar-refractivity contribution in [3.63, 3.8) is 0 Å². The summed E-state index contributed by atoms with van der Waals surface area (Å²) in [4.78, 5) is 14.7. The molecule has 0 unspecified atom stereocenters. The minimum Gasteiger partial charge on any atom is -0.543 e.